The predicted octanol–water partition coefficient (Wildman–Crippen LogP) is 1.95. The fraction of sp³-hybridized carbons (Fsp3) is 0.333. The molecule has 0 aliphatic heterocycles. The van der Waals surface area contributed by atoms with Gasteiger partial charge in [-0.1, -0.05) is 11.6 Å². The Labute approximate surface area is 81.3 Å². The molecule has 2 N–H and O–H groups in total. The van der Waals surface area contributed by atoms with Gasteiger partial charge >= 0.3 is 0 Å². The van der Waals surface area contributed by atoms with E-state index in [4.69, 9.17) is 11.6 Å². The lowest BCUT2D eigenvalue weighted by Gasteiger charge is -2.04. The van der Waals surface area contributed by atoms with Crippen molar-refractivity contribution in [3.8, 4) is 5.75 Å². The third kappa shape index (κ3) is 2.57. The summed E-state index contributed by atoms with van der Waals surface area (Å²) in [6.45, 7) is 0.737. The average molecular weight is 204 g/mol. The van der Waals surface area contributed by atoms with Crippen LogP contribution in [0.25, 0.3) is 0 Å². The molecule has 1 rings (SSSR count). The molecule has 0 saturated heterocycles. The minimum Gasteiger partial charge on any atom is -0.506 e. The fourth-order valence-electron chi connectivity index (χ4n) is 1.04. The van der Waals surface area contributed by atoms with E-state index in [0.29, 0.717) is 6.42 Å². The molecule has 0 bridgehead atoms. The maximum Gasteiger partial charge on any atom is 0.145 e. The largest absolute Gasteiger partial charge is 0.506 e. The maximum absolute atomic E-state index is 13.0. The van der Waals surface area contributed by atoms with Crippen molar-refractivity contribution < 1.29 is 9.50 Å². The zero-order valence-electron chi connectivity index (χ0n) is 7.27. The molecule has 4 heteroatoms. The van der Waals surface area contributed by atoms with Gasteiger partial charge in [-0.05, 0) is 37.7 Å². The Kier molecular flexibility index (Phi) is 3.51. The number of phenolic OH excluding ortho intramolecular Hbond substituents is 1. The average Bonchev–Trinajstić information content (AvgIpc) is 2.10. The lowest BCUT2D eigenvalue weighted by molar-refractivity contribution is 0.468. The predicted molar refractivity (Wildman–Crippen MR) is 50.7 cm³/mol. The smallest absolute Gasteiger partial charge is 0.145 e. The first-order chi connectivity index (χ1) is 6.15. The molecule has 0 unspecified atom stereocenters. The SMILES string of the molecule is CNCCc1cc(O)c(Cl)c(F)c1. The van der Waals surface area contributed by atoms with E-state index in [9.17, 15) is 9.50 Å². The molecule has 72 valence electrons. The topological polar surface area (TPSA) is 32.3 Å². The zero-order chi connectivity index (χ0) is 9.84. The monoisotopic (exact) mass is 203 g/mol. The maximum atomic E-state index is 13.0. The number of benzene rings is 1. The van der Waals surface area contributed by atoms with Gasteiger partial charge in [-0.2, -0.15) is 0 Å². The Morgan fingerprint density at radius 1 is 1.54 bits per heavy atom. The van der Waals surface area contributed by atoms with Crippen molar-refractivity contribution in [2.24, 2.45) is 0 Å². The zero-order valence-corrected chi connectivity index (χ0v) is 8.03. The van der Waals surface area contributed by atoms with Gasteiger partial charge in [0.15, 0.2) is 0 Å². The lowest BCUT2D eigenvalue weighted by atomic mass is 10.1. The number of halogens is 2. The van der Waals surface area contributed by atoms with Gasteiger partial charge in [0.05, 0.1) is 0 Å². The van der Waals surface area contributed by atoms with Crippen molar-refractivity contribution in [1.29, 1.82) is 0 Å². The van der Waals surface area contributed by atoms with Gasteiger partial charge in [-0.25, -0.2) is 4.39 Å². The summed E-state index contributed by atoms with van der Waals surface area (Å²) in [5, 5.41) is 11.9. The van der Waals surface area contributed by atoms with Crippen molar-refractivity contribution in [2.45, 2.75) is 6.42 Å². The van der Waals surface area contributed by atoms with E-state index in [2.05, 4.69) is 5.32 Å². The van der Waals surface area contributed by atoms with Crippen LogP contribution in [0.3, 0.4) is 0 Å². The number of likely N-dealkylation sites (N-methyl/N-ethyl adjacent to an activating group) is 1. The molecule has 1 aromatic rings. The van der Waals surface area contributed by atoms with Crippen LogP contribution in [0, 0.1) is 5.82 Å². The van der Waals surface area contributed by atoms with Crippen molar-refractivity contribution in [2.75, 3.05) is 13.6 Å². The molecule has 0 aromatic heterocycles. The third-order valence-corrected chi connectivity index (χ3v) is 2.11. The summed E-state index contributed by atoms with van der Waals surface area (Å²) in [4.78, 5) is 0. The van der Waals surface area contributed by atoms with Gasteiger partial charge in [-0.3, -0.25) is 0 Å². The molecule has 2 nitrogen and oxygen atoms in total. The van der Waals surface area contributed by atoms with Crippen molar-refractivity contribution in [1.82, 2.24) is 5.32 Å². The highest BCUT2D eigenvalue weighted by Crippen LogP contribution is 2.27. The molecular weight excluding hydrogens is 193 g/mol. The normalized spacial score (nSPS) is 10.4. The van der Waals surface area contributed by atoms with E-state index in [1.54, 1.807) is 0 Å². The van der Waals surface area contributed by atoms with Crippen molar-refractivity contribution >= 4 is 11.6 Å². The minimum absolute atomic E-state index is 0.201. The van der Waals surface area contributed by atoms with Gasteiger partial charge in [0.25, 0.3) is 0 Å². The summed E-state index contributed by atoms with van der Waals surface area (Å²) in [5.74, 6) is -0.777. The van der Waals surface area contributed by atoms with Gasteiger partial charge in [0.2, 0.25) is 0 Å². The van der Waals surface area contributed by atoms with E-state index < -0.39 is 5.82 Å². The summed E-state index contributed by atoms with van der Waals surface area (Å²) < 4.78 is 13.0. The second kappa shape index (κ2) is 4.44. The number of rotatable bonds is 3. The number of phenols is 1. The molecule has 0 saturated carbocycles. The van der Waals surface area contributed by atoms with Crippen LogP contribution in [-0.2, 0) is 6.42 Å². The van der Waals surface area contributed by atoms with Crippen LogP contribution >= 0.6 is 11.6 Å². The molecule has 0 spiro atoms. The Hall–Kier alpha value is -0.800. The second-order valence-corrected chi connectivity index (χ2v) is 3.14. The highest BCUT2D eigenvalue weighted by molar-refractivity contribution is 6.32. The van der Waals surface area contributed by atoms with Gasteiger partial charge < -0.3 is 10.4 Å². The first kappa shape index (κ1) is 10.3. The number of hydrogen-bond acceptors (Lipinski definition) is 2. The Bertz CT molecular complexity index is 281. The van der Waals surface area contributed by atoms with E-state index in [0.717, 1.165) is 12.1 Å². The molecule has 0 amide bonds. The standard InChI is InChI=1S/C9H11ClFNO/c1-12-3-2-6-4-7(11)9(10)8(13)5-6/h4-5,12-13H,2-3H2,1H3. The molecule has 1 aromatic carbocycles. The Balaban J connectivity index is 2.86. The molecule has 0 atom stereocenters. The number of nitrogens with one attached hydrogen (secondary N) is 1. The first-order valence-corrected chi connectivity index (χ1v) is 4.34. The van der Waals surface area contributed by atoms with Crippen molar-refractivity contribution in [3.63, 3.8) is 0 Å². The van der Waals surface area contributed by atoms with Gasteiger partial charge in [0, 0.05) is 0 Å². The molecular formula is C9H11ClFNO. The quantitative estimate of drug-likeness (QED) is 0.787. The highest BCUT2D eigenvalue weighted by Gasteiger charge is 2.07. The second-order valence-electron chi connectivity index (χ2n) is 2.76. The molecule has 0 aliphatic carbocycles. The molecule has 0 radical (unpaired) electrons. The van der Waals surface area contributed by atoms with E-state index in [-0.39, 0.29) is 10.8 Å². The van der Waals surface area contributed by atoms with E-state index in [1.807, 2.05) is 7.05 Å². The van der Waals surface area contributed by atoms with E-state index >= 15 is 0 Å². The molecule has 0 heterocycles. The summed E-state index contributed by atoms with van der Waals surface area (Å²) in [6, 6.07) is 2.81. The van der Waals surface area contributed by atoms with E-state index in [1.165, 1.54) is 12.1 Å². The lowest BCUT2D eigenvalue weighted by Crippen LogP contribution is -2.10. The van der Waals surface area contributed by atoms with Crippen LogP contribution in [0.5, 0.6) is 5.75 Å². The van der Waals surface area contributed by atoms with Crippen LogP contribution in [-0.4, -0.2) is 18.7 Å². The minimum atomic E-state index is -0.576. The van der Waals surface area contributed by atoms with Crippen molar-refractivity contribution in [3.05, 3.63) is 28.5 Å². The Morgan fingerprint density at radius 2 is 2.23 bits per heavy atom. The summed E-state index contributed by atoms with van der Waals surface area (Å²) in [7, 11) is 1.81. The summed E-state index contributed by atoms with van der Waals surface area (Å²) in [5.41, 5.74) is 0.730. The summed E-state index contributed by atoms with van der Waals surface area (Å²) >= 11 is 5.44. The summed E-state index contributed by atoms with van der Waals surface area (Å²) in [6.07, 6.45) is 0.665. The highest BCUT2D eigenvalue weighted by atomic mass is 35.5. The van der Waals surface area contributed by atoms with Crippen LogP contribution < -0.4 is 5.32 Å². The third-order valence-electron chi connectivity index (χ3n) is 1.73. The first-order valence-electron chi connectivity index (χ1n) is 3.96. The number of aromatic hydroxyl groups is 1. The molecule has 13 heavy (non-hydrogen) atoms. The Morgan fingerprint density at radius 3 is 2.77 bits per heavy atom. The van der Waals surface area contributed by atoms with Crippen LogP contribution in [0.1, 0.15) is 5.56 Å². The molecule has 0 aliphatic rings. The number of hydrogen-bond donors (Lipinski definition) is 2. The van der Waals surface area contributed by atoms with Crippen LogP contribution in [0.2, 0.25) is 5.02 Å². The van der Waals surface area contributed by atoms with Crippen LogP contribution in [0.15, 0.2) is 12.1 Å². The van der Waals surface area contributed by atoms with Crippen LogP contribution in [0.4, 0.5) is 4.39 Å². The molecule has 0 fully saturated rings. The van der Waals surface area contributed by atoms with Gasteiger partial charge in [0.1, 0.15) is 16.6 Å². The van der Waals surface area contributed by atoms with Gasteiger partial charge in [-0.15, -0.1) is 0 Å². The fourth-order valence-corrected chi connectivity index (χ4v) is 1.15.